The van der Waals surface area contributed by atoms with Crippen LogP contribution in [0.1, 0.15) is 37.0 Å². The first-order valence-electron chi connectivity index (χ1n) is 7.56. The zero-order valence-electron chi connectivity index (χ0n) is 12.3. The molecule has 0 aliphatic carbocycles. The molecule has 108 valence electrons. The van der Waals surface area contributed by atoms with Crippen molar-refractivity contribution >= 4 is 23.5 Å². The Hall–Kier alpha value is -1.12. The lowest BCUT2D eigenvalue weighted by molar-refractivity contribution is 0.804. The van der Waals surface area contributed by atoms with Gasteiger partial charge in [0.15, 0.2) is 0 Å². The molecule has 0 radical (unpaired) electrons. The highest BCUT2D eigenvalue weighted by molar-refractivity contribution is 8.03. The maximum atomic E-state index is 2.47. The van der Waals surface area contributed by atoms with Crippen LogP contribution in [0, 0.1) is 0 Å². The van der Waals surface area contributed by atoms with Crippen molar-refractivity contribution in [1.29, 1.82) is 0 Å². The lowest BCUT2D eigenvalue weighted by atomic mass is 10.1. The molecule has 21 heavy (non-hydrogen) atoms. The van der Waals surface area contributed by atoms with E-state index in [0.29, 0.717) is 5.25 Å². The minimum Gasteiger partial charge on any atom is -0.114 e. The first-order valence-corrected chi connectivity index (χ1v) is 9.25. The smallest absolute Gasteiger partial charge is 0.0546 e. The van der Waals surface area contributed by atoms with E-state index in [1.807, 2.05) is 23.5 Å². The number of benzene rings is 2. The van der Waals surface area contributed by atoms with Crippen LogP contribution in [0.5, 0.6) is 0 Å². The van der Waals surface area contributed by atoms with Gasteiger partial charge in [0.25, 0.3) is 0 Å². The Morgan fingerprint density at radius 2 is 1.76 bits per heavy atom. The van der Waals surface area contributed by atoms with Gasteiger partial charge in [-0.2, -0.15) is 0 Å². The summed E-state index contributed by atoms with van der Waals surface area (Å²) >= 11 is 3.91. The summed E-state index contributed by atoms with van der Waals surface area (Å²) < 4.78 is 0. The number of fused-ring (bicyclic) bond motifs is 1. The van der Waals surface area contributed by atoms with Crippen LogP contribution in [0.3, 0.4) is 0 Å². The second kappa shape index (κ2) is 7.24. The quantitative estimate of drug-likeness (QED) is 0.602. The molecule has 0 nitrogen and oxygen atoms in total. The van der Waals surface area contributed by atoms with E-state index >= 15 is 0 Å². The third-order valence-corrected chi connectivity index (χ3v) is 5.97. The van der Waals surface area contributed by atoms with Gasteiger partial charge in [0.05, 0.1) is 5.25 Å². The molecule has 0 N–H and O–H groups in total. The number of unbranched alkanes of at least 4 members (excludes halogenated alkanes) is 1. The molecule has 0 fully saturated rings. The fourth-order valence-electron chi connectivity index (χ4n) is 2.47. The van der Waals surface area contributed by atoms with Crippen molar-refractivity contribution in [3.63, 3.8) is 0 Å². The van der Waals surface area contributed by atoms with Crippen molar-refractivity contribution < 1.29 is 0 Å². The summed E-state index contributed by atoms with van der Waals surface area (Å²) in [5.41, 5.74) is 1.46. The molecule has 0 saturated carbocycles. The van der Waals surface area contributed by atoms with Crippen molar-refractivity contribution in [3.8, 4) is 0 Å². The Labute approximate surface area is 136 Å². The van der Waals surface area contributed by atoms with Gasteiger partial charge in [-0.3, -0.25) is 0 Å². The van der Waals surface area contributed by atoms with Gasteiger partial charge in [-0.15, -0.1) is 11.8 Å². The average molecular weight is 313 g/mol. The van der Waals surface area contributed by atoms with Crippen molar-refractivity contribution in [2.24, 2.45) is 0 Å². The lowest BCUT2D eigenvalue weighted by Crippen LogP contribution is -2.00. The summed E-state index contributed by atoms with van der Waals surface area (Å²) in [4.78, 5) is 4.30. The molecule has 1 aliphatic rings. The van der Waals surface area contributed by atoms with Crippen molar-refractivity contribution in [2.75, 3.05) is 0 Å². The van der Waals surface area contributed by atoms with Gasteiger partial charge in [0, 0.05) is 9.79 Å². The molecule has 2 aromatic carbocycles. The van der Waals surface area contributed by atoms with Gasteiger partial charge in [-0.1, -0.05) is 67.6 Å². The average Bonchev–Trinajstić information content (AvgIpc) is 2.54. The summed E-state index contributed by atoms with van der Waals surface area (Å²) in [6, 6.07) is 19.6. The van der Waals surface area contributed by atoms with Gasteiger partial charge < -0.3 is 0 Å². The van der Waals surface area contributed by atoms with E-state index in [1.165, 1.54) is 39.5 Å². The number of hydrogen-bond donors (Lipinski definition) is 0. The van der Waals surface area contributed by atoms with Gasteiger partial charge >= 0.3 is 0 Å². The molecule has 1 atom stereocenters. The van der Waals surface area contributed by atoms with E-state index in [9.17, 15) is 0 Å². The highest BCUT2D eigenvalue weighted by Gasteiger charge is 2.21. The Kier molecular flexibility index (Phi) is 5.10. The molecular formula is C19H20S2. The van der Waals surface area contributed by atoms with Crippen LogP contribution in [-0.2, 0) is 0 Å². The highest BCUT2D eigenvalue weighted by Crippen LogP contribution is 2.48. The summed E-state index contributed by atoms with van der Waals surface area (Å²) in [6.45, 7) is 2.26. The van der Waals surface area contributed by atoms with Crippen molar-refractivity contribution in [2.45, 2.75) is 41.2 Å². The zero-order valence-corrected chi connectivity index (χ0v) is 13.9. The van der Waals surface area contributed by atoms with E-state index in [0.717, 1.165) is 0 Å². The molecule has 3 rings (SSSR count). The predicted octanol–water partition coefficient (Wildman–Crippen LogP) is 6.70. The SMILES string of the molecule is CCCCC1=CC(Sc2ccccc2)c2ccccc2S1. The summed E-state index contributed by atoms with van der Waals surface area (Å²) in [6.07, 6.45) is 6.22. The van der Waals surface area contributed by atoms with E-state index < -0.39 is 0 Å². The Morgan fingerprint density at radius 3 is 2.57 bits per heavy atom. The van der Waals surface area contributed by atoms with Crippen LogP contribution in [0.2, 0.25) is 0 Å². The fourth-order valence-corrected chi connectivity index (χ4v) is 5.00. The minimum atomic E-state index is 0.441. The molecule has 1 unspecified atom stereocenters. The fraction of sp³-hybridized carbons (Fsp3) is 0.263. The van der Waals surface area contributed by atoms with Gasteiger partial charge in [-0.25, -0.2) is 0 Å². The number of rotatable bonds is 5. The Morgan fingerprint density at radius 1 is 1.00 bits per heavy atom. The lowest BCUT2D eigenvalue weighted by Gasteiger charge is -2.24. The van der Waals surface area contributed by atoms with E-state index in [2.05, 4.69) is 67.6 Å². The second-order valence-corrected chi connectivity index (χ2v) is 7.61. The molecule has 1 aliphatic heterocycles. The summed E-state index contributed by atoms with van der Waals surface area (Å²) in [5, 5.41) is 0.441. The highest BCUT2D eigenvalue weighted by atomic mass is 32.2. The van der Waals surface area contributed by atoms with Crippen LogP contribution in [0.25, 0.3) is 0 Å². The molecule has 0 spiro atoms. The largest absolute Gasteiger partial charge is 0.114 e. The van der Waals surface area contributed by atoms with E-state index in [1.54, 1.807) is 0 Å². The first-order chi connectivity index (χ1) is 10.4. The molecule has 0 bridgehead atoms. The Bertz CT molecular complexity index is 616. The van der Waals surface area contributed by atoms with E-state index in [4.69, 9.17) is 0 Å². The number of allylic oxidation sites excluding steroid dienone is 1. The molecule has 0 amide bonds. The van der Waals surface area contributed by atoms with Crippen molar-refractivity contribution in [3.05, 3.63) is 71.1 Å². The second-order valence-electron chi connectivity index (χ2n) is 5.23. The molecule has 0 aromatic heterocycles. The standard InChI is InChI=1S/C19H20S2/c1-2-3-9-16-14-19(20-15-10-5-4-6-11-15)17-12-7-8-13-18(17)21-16/h4-8,10-14,19H,2-3,9H2,1H3. The molecule has 2 aromatic rings. The maximum absolute atomic E-state index is 2.47. The summed E-state index contributed by atoms with van der Waals surface area (Å²) in [7, 11) is 0. The molecule has 0 saturated heterocycles. The zero-order chi connectivity index (χ0) is 14.5. The first kappa shape index (κ1) is 14.8. The third-order valence-electron chi connectivity index (χ3n) is 3.59. The van der Waals surface area contributed by atoms with Crippen LogP contribution in [-0.4, -0.2) is 0 Å². The van der Waals surface area contributed by atoms with Gasteiger partial charge in [0.2, 0.25) is 0 Å². The topological polar surface area (TPSA) is 0 Å². The maximum Gasteiger partial charge on any atom is 0.0546 e. The molecular weight excluding hydrogens is 292 g/mol. The van der Waals surface area contributed by atoms with E-state index in [-0.39, 0.29) is 0 Å². The van der Waals surface area contributed by atoms with Crippen LogP contribution in [0.15, 0.2) is 75.4 Å². The third kappa shape index (κ3) is 3.75. The van der Waals surface area contributed by atoms with Crippen LogP contribution < -0.4 is 0 Å². The normalized spacial score (nSPS) is 17.2. The molecule has 2 heteroatoms. The van der Waals surface area contributed by atoms with Gasteiger partial charge in [-0.05, 0) is 41.5 Å². The van der Waals surface area contributed by atoms with Crippen LogP contribution in [0.4, 0.5) is 0 Å². The number of hydrogen-bond acceptors (Lipinski definition) is 2. The van der Waals surface area contributed by atoms with Crippen LogP contribution >= 0.6 is 23.5 Å². The summed E-state index contributed by atoms with van der Waals surface area (Å²) in [5.74, 6) is 0. The monoisotopic (exact) mass is 312 g/mol. The Balaban J connectivity index is 1.86. The predicted molar refractivity (Wildman–Crippen MR) is 94.9 cm³/mol. The minimum absolute atomic E-state index is 0.441. The number of thioether (sulfide) groups is 2. The molecule has 1 heterocycles. The van der Waals surface area contributed by atoms with Crippen molar-refractivity contribution in [1.82, 2.24) is 0 Å². The van der Waals surface area contributed by atoms with Gasteiger partial charge in [0.1, 0.15) is 0 Å².